The SMILES string of the molecule is CC1(C)C2CCC1(CS(=O)(=O)[O-])C(=O)C2.C[C@H]([NH3+])c1cccc([N+](=O)[O-])c1. The summed E-state index contributed by atoms with van der Waals surface area (Å²) in [4.78, 5) is 21.8. The van der Waals surface area contributed by atoms with Crippen molar-refractivity contribution in [3.05, 3.63) is 39.9 Å². The number of quaternary nitrogens is 1. The van der Waals surface area contributed by atoms with Crippen LogP contribution in [0.4, 0.5) is 5.69 Å². The van der Waals surface area contributed by atoms with Crippen LogP contribution in [0.2, 0.25) is 0 Å². The van der Waals surface area contributed by atoms with Crippen molar-refractivity contribution in [2.75, 3.05) is 5.75 Å². The Labute approximate surface area is 159 Å². The van der Waals surface area contributed by atoms with Gasteiger partial charge in [0.15, 0.2) is 0 Å². The summed E-state index contributed by atoms with van der Waals surface area (Å²) in [5, 5.41) is 10.4. The topological polar surface area (TPSA) is 145 Å². The van der Waals surface area contributed by atoms with E-state index in [1.165, 1.54) is 6.07 Å². The lowest BCUT2D eigenvalue weighted by molar-refractivity contribution is -0.421. The van der Waals surface area contributed by atoms with E-state index in [4.69, 9.17) is 0 Å². The second-order valence-corrected chi connectivity index (χ2v) is 9.53. The molecule has 0 aromatic heterocycles. The van der Waals surface area contributed by atoms with Crippen LogP contribution in [0.15, 0.2) is 24.3 Å². The molecule has 0 spiro atoms. The first-order valence-corrected chi connectivity index (χ1v) is 10.4. The number of non-ortho nitro benzene ring substituents is 1. The van der Waals surface area contributed by atoms with Crippen LogP contribution in [0.1, 0.15) is 51.6 Å². The molecule has 0 radical (unpaired) electrons. The van der Waals surface area contributed by atoms with Gasteiger partial charge in [0.2, 0.25) is 0 Å². The molecule has 8 nitrogen and oxygen atoms in total. The summed E-state index contributed by atoms with van der Waals surface area (Å²) in [7, 11) is -4.33. The van der Waals surface area contributed by atoms with Crippen molar-refractivity contribution >= 4 is 21.6 Å². The summed E-state index contributed by atoms with van der Waals surface area (Å²) < 4.78 is 32.7. The maximum atomic E-state index is 11.8. The minimum Gasteiger partial charge on any atom is -0.748 e. The first-order valence-electron chi connectivity index (χ1n) is 8.84. The highest BCUT2D eigenvalue weighted by Crippen LogP contribution is 2.64. The third kappa shape index (κ3) is 4.20. The molecule has 27 heavy (non-hydrogen) atoms. The van der Waals surface area contributed by atoms with Crippen molar-refractivity contribution < 1.29 is 28.4 Å². The summed E-state index contributed by atoms with van der Waals surface area (Å²) in [5.41, 5.74) is 3.58. The molecule has 9 heteroatoms. The van der Waals surface area contributed by atoms with Gasteiger partial charge in [-0.2, -0.15) is 0 Å². The van der Waals surface area contributed by atoms with Crippen molar-refractivity contribution in [1.82, 2.24) is 0 Å². The Hall–Kier alpha value is -1.84. The van der Waals surface area contributed by atoms with Gasteiger partial charge in [-0.15, -0.1) is 0 Å². The molecule has 2 fully saturated rings. The van der Waals surface area contributed by atoms with Crippen molar-refractivity contribution in [3.8, 4) is 0 Å². The van der Waals surface area contributed by atoms with Gasteiger partial charge in [-0.05, 0) is 31.1 Å². The molecule has 3 N–H and O–H groups in total. The first kappa shape index (κ1) is 21.5. The zero-order chi connectivity index (χ0) is 20.6. The number of benzene rings is 1. The fraction of sp³-hybridized carbons (Fsp3) is 0.611. The van der Waals surface area contributed by atoms with E-state index in [1.807, 2.05) is 26.8 Å². The van der Waals surface area contributed by atoms with Gasteiger partial charge in [-0.3, -0.25) is 14.9 Å². The van der Waals surface area contributed by atoms with Crippen LogP contribution in [0.3, 0.4) is 0 Å². The van der Waals surface area contributed by atoms with Crippen LogP contribution in [0.25, 0.3) is 0 Å². The molecule has 2 unspecified atom stereocenters. The van der Waals surface area contributed by atoms with Gasteiger partial charge in [0.05, 0.1) is 20.8 Å². The van der Waals surface area contributed by atoms with E-state index in [2.05, 4.69) is 5.73 Å². The van der Waals surface area contributed by atoms with E-state index in [9.17, 15) is 27.9 Å². The highest BCUT2D eigenvalue weighted by molar-refractivity contribution is 7.85. The summed E-state index contributed by atoms with van der Waals surface area (Å²) >= 11 is 0. The fourth-order valence-electron chi connectivity index (χ4n) is 4.35. The van der Waals surface area contributed by atoms with Crippen molar-refractivity contribution in [2.24, 2.45) is 16.7 Å². The van der Waals surface area contributed by atoms with Crippen molar-refractivity contribution in [1.29, 1.82) is 0 Å². The Morgan fingerprint density at radius 2 is 2.00 bits per heavy atom. The second-order valence-electron chi connectivity index (χ2n) is 8.12. The van der Waals surface area contributed by atoms with Crippen LogP contribution < -0.4 is 5.73 Å². The molecule has 0 amide bonds. The van der Waals surface area contributed by atoms with Gasteiger partial charge in [0.1, 0.15) is 11.8 Å². The molecule has 3 rings (SSSR count). The average molecular weight is 398 g/mol. The molecule has 2 saturated carbocycles. The van der Waals surface area contributed by atoms with E-state index in [0.29, 0.717) is 12.8 Å². The molecule has 2 aliphatic rings. The number of hydrogen-bond acceptors (Lipinski definition) is 6. The maximum Gasteiger partial charge on any atom is 0.269 e. The van der Waals surface area contributed by atoms with Crippen molar-refractivity contribution in [3.63, 3.8) is 0 Å². The van der Waals surface area contributed by atoms with Crippen LogP contribution >= 0.6 is 0 Å². The normalized spacial score (nSPS) is 27.0. The molecule has 1 aromatic rings. The number of nitro benzene ring substituents is 1. The predicted octanol–water partition coefficient (Wildman–Crippen LogP) is 1.82. The van der Waals surface area contributed by atoms with E-state index < -0.39 is 26.2 Å². The minimum absolute atomic E-state index is 0.0248. The smallest absolute Gasteiger partial charge is 0.269 e. The number of carbonyl (C=O) groups is 1. The average Bonchev–Trinajstić information content (AvgIpc) is 2.88. The molecule has 0 aliphatic heterocycles. The van der Waals surface area contributed by atoms with E-state index in [0.717, 1.165) is 12.0 Å². The Kier molecular flexibility index (Phi) is 5.79. The minimum atomic E-state index is -4.33. The van der Waals surface area contributed by atoms with E-state index >= 15 is 0 Å². The number of nitro groups is 1. The van der Waals surface area contributed by atoms with Crippen LogP contribution in [0.5, 0.6) is 0 Å². The molecule has 150 valence electrons. The summed E-state index contributed by atoms with van der Waals surface area (Å²) in [5.74, 6) is -0.280. The van der Waals surface area contributed by atoms with Gasteiger partial charge in [0.25, 0.3) is 5.69 Å². The molecular formula is C18H26N2O6S. The second kappa shape index (κ2) is 7.29. The number of Topliss-reactive ketones (excluding diaryl/α,β-unsaturated/α-hetero) is 1. The van der Waals surface area contributed by atoms with Crippen LogP contribution in [0, 0.1) is 26.9 Å². The monoisotopic (exact) mass is 398 g/mol. The van der Waals surface area contributed by atoms with Gasteiger partial charge < -0.3 is 10.3 Å². The molecule has 0 heterocycles. The number of ketones is 1. The Morgan fingerprint density at radius 3 is 2.41 bits per heavy atom. The van der Waals surface area contributed by atoms with Gasteiger partial charge in [-0.25, -0.2) is 8.42 Å². The zero-order valence-corrected chi connectivity index (χ0v) is 16.6. The number of rotatable bonds is 4. The summed E-state index contributed by atoms with van der Waals surface area (Å²) in [6, 6.07) is 6.63. The lowest BCUT2D eigenvalue weighted by atomic mass is 9.70. The molecule has 0 saturated heterocycles. The maximum absolute atomic E-state index is 11.8. The van der Waals surface area contributed by atoms with E-state index in [-0.39, 0.29) is 28.8 Å². The highest BCUT2D eigenvalue weighted by Gasteiger charge is 2.64. The van der Waals surface area contributed by atoms with Gasteiger partial charge in [-0.1, -0.05) is 26.0 Å². The fourth-order valence-corrected chi connectivity index (χ4v) is 5.64. The predicted molar refractivity (Wildman–Crippen MR) is 97.5 cm³/mol. The molecule has 2 aliphatic carbocycles. The number of carbonyl (C=O) groups excluding carboxylic acids is 1. The summed E-state index contributed by atoms with van der Waals surface area (Å²) in [6.07, 6.45) is 1.88. The quantitative estimate of drug-likeness (QED) is 0.465. The standard InChI is InChI=1S/C10H16O4S.C8H10N2O2/c1-9(2)7-3-4-10(9,8(11)5-7)6-15(12,13)14;1-6(9)7-3-2-4-8(5-7)10(11)12/h7H,3-6H2,1-2H3,(H,12,13,14);2-6H,9H2,1H3/t;6-/m.0/s1. The molecule has 3 atom stereocenters. The third-order valence-corrected chi connectivity index (χ3v) is 7.06. The number of nitrogens with zero attached hydrogens (tertiary/aromatic N) is 1. The first-order chi connectivity index (χ1) is 12.3. The number of hydrogen-bond donors (Lipinski definition) is 1. The largest absolute Gasteiger partial charge is 0.748 e. The Bertz CT molecular complexity index is 849. The van der Waals surface area contributed by atoms with Gasteiger partial charge in [0, 0.05) is 29.5 Å². The van der Waals surface area contributed by atoms with Gasteiger partial charge >= 0.3 is 0 Å². The van der Waals surface area contributed by atoms with E-state index in [1.54, 1.807) is 12.1 Å². The third-order valence-electron chi connectivity index (χ3n) is 6.21. The molecule has 2 bridgehead atoms. The lowest BCUT2D eigenvalue weighted by Gasteiger charge is -2.37. The summed E-state index contributed by atoms with van der Waals surface area (Å²) in [6.45, 7) is 5.74. The lowest BCUT2D eigenvalue weighted by Crippen LogP contribution is -2.51. The highest BCUT2D eigenvalue weighted by atomic mass is 32.2. The number of fused-ring (bicyclic) bond motifs is 2. The Morgan fingerprint density at radius 1 is 1.37 bits per heavy atom. The zero-order valence-electron chi connectivity index (χ0n) is 15.8. The van der Waals surface area contributed by atoms with Crippen molar-refractivity contribution in [2.45, 2.75) is 46.1 Å². The van der Waals surface area contributed by atoms with Crippen LogP contribution in [-0.4, -0.2) is 29.4 Å². The van der Waals surface area contributed by atoms with Crippen LogP contribution in [-0.2, 0) is 14.9 Å². The Balaban J connectivity index is 0.000000199. The molecular weight excluding hydrogens is 372 g/mol. The molecule has 1 aromatic carbocycles.